The van der Waals surface area contributed by atoms with Crippen molar-refractivity contribution in [3.63, 3.8) is 0 Å². The molecule has 0 saturated heterocycles. The average molecular weight is 337 g/mol. The quantitative estimate of drug-likeness (QED) is 0.900. The van der Waals surface area contributed by atoms with Crippen molar-refractivity contribution in [1.29, 1.82) is 5.26 Å². The van der Waals surface area contributed by atoms with Gasteiger partial charge in [-0.15, -0.1) is 0 Å². The molecule has 1 aromatic carbocycles. The van der Waals surface area contributed by atoms with Crippen molar-refractivity contribution >= 4 is 5.91 Å². The number of nitriles is 1. The first-order valence-electron chi connectivity index (χ1n) is 8.62. The Balaban J connectivity index is 1.91. The molecule has 1 aliphatic carbocycles. The lowest BCUT2D eigenvalue weighted by atomic mass is 9.98. The number of rotatable bonds is 4. The monoisotopic (exact) mass is 337 g/mol. The zero-order valence-corrected chi connectivity index (χ0v) is 14.7. The Kier molecular flexibility index (Phi) is 4.65. The fraction of sp³-hybridized carbons (Fsp3) is 0.400. The highest BCUT2D eigenvalue weighted by Gasteiger charge is 2.35. The Labute approximate surface area is 147 Å². The molecular weight excluding hydrogens is 314 g/mol. The molecule has 2 aromatic rings. The third-order valence-corrected chi connectivity index (χ3v) is 5.17. The summed E-state index contributed by atoms with van der Waals surface area (Å²) >= 11 is 0. The zero-order chi connectivity index (χ0) is 18.0. The summed E-state index contributed by atoms with van der Waals surface area (Å²) < 4.78 is 2.01. The average Bonchev–Trinajstić information content (AvgIpc) is 3.20. The minimum atomic E-state index is -0.478. The van der Waals surface area contributed by atoms with Crippen LogP contribution in [0.4, 0.5) is 0 Å². The van der Waals surface area contributed by atoms with E-state index in [-0.39, 0.29) is 12.5 Å². The summed E-state index contributed by atoms with van der Waals surface area (Å²) in [6, 6.07) is 11.3. The molecule has 1 amide bonds. The highest BCUT2D eigenvalue weighted by Crippen LogP contribution is 2.30. The van der Waals surface area contributed by atoms with Crippen LogP contribution in [-0.4, -0.2) is 27.7 Å². The van der Waals surface area contributed by atoms with E-state index in [2.05, 4.69) is 11.4 Å². The lowest BCUT2D eigenvalue weighted by Crippen LogP contribution is -2.49. The summed E-state index contributed by atoms with van der Waals surface area (Å²) in [5, 5.41) is 21.7. The molecule has 1 saturated carbocycles. The Morgan fingerprint density at radius 3 is 2.48 bits per heavy atom. The molecule has 3 rings (SSSR count). The van der Waals surface area contributed by atoms with Crippen molar-refractivity contribution in [2.45, 2.75) is 45.1 Å². The molecule has 1 fully saturated rings. The van der Waals surface area contributed by atoms with Crippen LogP contribution >= 0.6 is 0 Å². The van der Waals surface area contributed by atoms with Crippen LogP contribution in [0.1, 0.15) is 53.0 Å². The van der Waals surface area contributed by atoms with Crippen molar-refractivity contribution in [1.82, 2.24) is 9.88 Å². The number of nitrogens with zero attached hydrogens (tertiary/aromatic N) is 2. The van der Waals surface area contributed by atoms with Crippen LogP contribution in [-0.2, 0) is 0 Å². The van der Waals surface area contributed by atoms with Gasteiger partial charge in [0.25, 0.3) is 5.91 Å². The van der Waals surface area contributed by atoms with E-state index in [9.17, 15) is 9.90 Å². The van der Waals surface area contributed by atoms with E-state index in [1.54, 1.807) is 12.1 Å². The summed E-state index contributed by atoms with van der Waals surface area (Å²) in [4.78, 5) is 12.8. The van der Waals surface area contributed by atoms with Gasteiger partial charge in [-0.1, -0.05) is 12.8 Å². The maximum Gasteiger partial charge on any atom is 0.253 e. The topological polar surface area (TPSA) is 78.0 Å². The molecular formula is C20H23N3O2. The number of carbonyl (C=O) groups excluding carboxylic acids is 1. The van der Waals surface area contributed by atoms with Gasteiger partial charge in [0.05, 0.1) is 29.3 Å². The van der Waals surface area contributed by atoms with Gasteiger partial charge in [-0.25, -0.2) is 0 Å². The molecule has 25 heavy (non-hydrogen) atoms. The van der Waals surface area contributed by atoms with Gasteiger partial charge in [0.1, 0.15) is 0 Å². The van der Waals surface area contributed by atoms with Gasteiger partial charge >= 0.3 is 0 Å². The van der Waals surface area contributed by atoms with Crippen LogP contribution in [0.25, 0.3) is 5.69 Å². The number of benzene rings is 1. The predicted octanol–water partition coefficient (Wildman–Crippen LogP) is 3.00. The van der Waals surface area contributed by atoms with Crippen molar-refractivity contribution in [2.24, 2.45) is 0 Å². The Hall–Kier alpha value is -2.58. The molecule has 2 N–H and O–H groups in total. The second-order valence-electron chi connectivity index (χ2n) is 6.88. The number of aryl methyl sites for hydroxylation is 1. The fourth-order valence-electron chi connectivity index (χ4n) is 3.76. The largest absolute Gasteiger partial charge is 0.394 e. The normalized spacial score (nSPS) is 15.8. The summed E-state index contributed by atoms with van der Waals surface area (Å²) in [6.07, 6.45) is 3.71. The number of carbonyl (C=O) groups is 1. The standard InChI is InChI=1S/C20H23N3O2/c1-14-11-18(19(25)22-20(13-24)9-3-4-10-20)15(2)23(14)17-7-5-16(12-21)6-8-17/h5-8,11,24H,3-4,9-10,13H2,1-2H3,(H,22,25). The van der Waals surface area contributed by atoms with E-state index in [1.165, 1.54) is 0 Å². The second kappa shape index (κ2) is 6.73. The van der Waals surface area contributed by atoms with Crippen molar-refractivity contribution in [3.05, 3.63) is 52.8 Å². The third-order valence-electron chi connectivity index (χ3n) is 5.17. The van der Waals surface area contributed by atoms with E-state index in [4.69, 9.17) is 5.26 Å². The molecule has 0 bridgehead atoms. The van der Waals surface area contributed by atoms with Crippen LogP contribution in [0.3, 0.4) is 0 Å². The number of amides is 1. The zero-order valence-electron chi connectivity index (χ0n) is 14.7. The predicted molar refractivity (Wildman–Crippen MR) is 95.7 cm³/mol. The Bertz CT molecular complexity index is 822. The van der Waals surface area contributed by atoms with Crippen molar-refractivity contribution < 1.29 is 9.90 Å². The Morgan fingerprint density at radius 1 is 1.28 bits per heavy atom. The highest BCUT2D eigenvalue weighted by molar-refractivity contribution is 5.96. The van der Waals surface area contributed by atoms with Gasteiger partial charge in [-0.05, 0) is 57.0 Å². The van der Waals surface area contributed by atoms with E-state index in [1.807, 2.05) is 36.6 Å². The molecule has 0 unspecified atom stereocenters. The van der Waals surface area contributed by atoms with E-state index in [0.29, 0.717) is 11.1 Å². The van der Waals surface area contributed by atoms with Crippen LogP contribution in [0.2, 0.25) is 0 Å². The summed E-state index contributed by atoms with van der Waals surface area (Å²) in [7, 11) is 0. The lowest BCUT2D eigenvalue weighted by molar-refractivity contribution is 0.0838. The minimum Gasteiger partial charge on any atom is -0.394 e. The second-order valence-corrected chi connectivity index (χ2v) is 6.88. The van der Waals surface area contributed by atoms with Gasteiger partial charge in [-0.3, -0.25) is 4.79 Å². The molecule has 1 heterocycles. The van der Waals surface area contributed by atoms with Crippen molar-refractivity contribution in [2.75, 3.05) is 6.61 Å². The molecule has 1 aromatic heterocycles. The summed E-state index contributed by atoms with van der Waals surface area (Å²) in [6.45, 7) is 3.85. The molecule has 0 atom stereocenters. The van der Waals surface area contributed by atoms with Gasteiger partial charge < -0.3 is 15.0 Å². The smallest absolute Gasteiger partial charge is 0.253 e. The van der Waals surface area contributed by atoms with Crippen LogP contribution < -0.4 is 5.32 Å². The number of hydrogen-bond acceptors (Lipinski definition) is 3. The molecule has 1 aliphatic rings. The van der Waals surface area contributed by atoms with Gasteiger partial charge in [0.2, 0.25) is 0 Å². The van der Waals surface area contributed by atoms with E-state index < -0.39 is 5.54 Å². The van der Waals surface area contributed by atoms with Crippen LogP contribution in [0.5, 0.6) is 0 Å². The number of aliphatic hydroxyl groups is 1. The molecule has 5 heteroatoms. The van der Waals surface area contributed by atoms with Crippen LogP contribution in [0, 0.1) is 25.2 Å². The molecule has 5 nitrogen and oxygen atoms in total. The maximum absolute atomic E-state index is 12.8. The van der Waals surface area contributed by atoms with Gasteiger partial charge in [-0.2, -0.15) is 5.26 Å². The van der Waals surface area contributed by atoms with Gasteiger partial charge in [0.15, 0.2) is 0 Å². The molecule has 0 aliphatic heterocycles. The highest BCUT2D eigenvalue weighted by atomic mass is 16.3. The summed E-state index contributed by atoms with van der Waals surface area (Å²) in [5.74, 6) is -0.135. The van der Waals surface area contributed by atoms with Gasteiger partial charge in [0, 0.05) is 17.1 Å². The van der Waals surface area contributed by atoms with Crippen LogP contribution in [0.15, 0.2) is 30.3 Å². The first kappa shape index (κ1) is 17.2. The van der Waals surface area contributed by atoms with E-state index in [0.717, 1.165) is 42.8 Å². The number of aromatic nitrogens is 1. The van der Waals surface area contributed by atoms with E-state index >= 15 is 0 Å². The SMILES string of the molecule is Cc1cc(C(=O)NC2(CO)CCCC2)c(C)n1-c1ccc(C#N)cc1. The first-order chi connectivity index (χ1) is 12.0. The molecule has 130 valence electrons. The Morgan fingerprint density at radius 2 is 1.92 bits per heavy atom. The fourth-order valence-corrected chi connectivity index (χ4v) is 3.76. The maximum atomic E-state index is 12.8. The molecule has 0 spiro atoms. The number of aliphatic hydroxyl groups excluding tert-OH is 1. The third kappa shape index (κ3) is 3.18. The minimum absolute atomic E-state index is 0.0207. The first-order valence-corrected chi connectivity index (χ1v) is 8.62. The van der Waals surface area contributed by atoms with Crippen molar-refractivity contribution in [3.8, 4) is 11.8 Å². The number of hydrogen-bond donors (Lipinski definition) is 2. The summed E-state index contributed by atoms with van der Waals surface area (Å²) in [5.41, 5.74) is 3.49. The lowest BCUT2D eigenvalue weighted by Gasteiger charge is -2.28. The molecule has 0 radical (unpaired) electrons. The number of nitrogens with one attached hydrogen (secondary N) is 1.